The molecule has 1 N–H and O–H groups in total. The summed E-state index contributed by atoms with van der Waals surface area (Å²) in [7, 11) is 0. The summed E-state index contributed by atoms with van der Waals surface area (Å²) < 4.78 is 5.46. The maximum Gasteiger partial charge on any atom is 0.248 e. The van der Waals surface area contributed by atoms with E-state index in [4.69, 9.17) is 4.74 Å². The fourth-order valence-electron chi connectivity index (χ4n) is 2.08. The molecule has 106 valence electrons. The Balaban J connectivity index is 0.00000180. The lowest BCUT2D eigenvalue weighted by Crippen LogP contribution is -2.52. The van der Waals surface area contributed by atoms with Crippen LogP contribution in [0.5, 0.6) is 0 Å². The number of benzene rings is 1. The molecule has 1 atom stereocenters. The van der Waals surface area contributed by atoms with Gasteiger partial charge >= 0.3 is 0 Å². The van der Waals surface area contributed by atoms with Crippen LogP contribution in [0.3, 0.4) is 0 Å². The number of hydrogen-bond donors (Lipinski definition) is 1. The quantitative estimate of drug-likeness (QED) is 0.910. The van der Waals surface area contributed by atoms with Gasteiger partial charge in [-0.2, -0.15) is 0 Å². The van der Waals surface area contributed by atoms with Crippen molar-refractivity contribution >= 4 is 18.3 Å². The molecule has 1 aromatic rings. The zero-order valence-corrected chi connectivity index (χ0v) is 12.0. The average molecular weight is 285 g/mol. The van der Waals surface area contributed by atoms with E-state index in [9.17, 15) is 4.79 Å². The third kappa shape index (κ3) is 5.19. The highest BCUT2D eigenvalue weighted by molar-refractivity contribution is 5.85. The molecule has 0 bridgehead atoms. The lowest BCUT2D eigenvalue weighted by Gasteiger charge is -2.31. The maximum absolute atomic E-state index is 11.9. The number of piperazine rings is 1. The summed E-state index contributed by atoms with van der Waals surface area (Å²) >= 11 is 0. The summed E-state index contributed by atoms with van der Waals surface area (Å²) in [6.45, 7) is 5.16. The molecule has 1 heterocycles. The number of nitrogens with zero attached hydrogens (tertiary/aromatic N) is 1. The summed E-state index contributed by atoms with van der Waals surface area (Å²) in [5.41, 5.74) is 1.10. The lowest BCUT2D eigenvalue weighted by atomic mass is 10.2. The monoisotopic (exact) mass is 284 g/mol. The molecular formula is C14H21ClN2O2. The molecule has 1 saturated heterocycles. The Kier molecular flexibility index (Phi) is 6.84. The SMILES string of the molecule is CC1CN(C(=O)COCc2ccccc2)CCN1.Cl. The Morgan fingerprint density at radius 1 is 1.42 bits per heavy atom. The number of nitrogens with one attached hydrogen (secondary N) is 1. The summed E-state index contributed by atoms with van der Waals surface area (Å²) in [6.07, 6.45) is 0. The van der Waals surface area contributed by atoms with E-state index in [1.807, 2.05) is 35.2 Å². The van der Waals surface area contributed by atoms with Gasteiger partial charge in [-0.1, -0.05) is 30.3 Å². The van der Waals surface area contributed by atoms with Crippen LogP contribution in [-0.2, 0) is 16.1 Å². The van der Waals surface area contributed by atoms with Crippen molar-refractivity contribution in [2.75, 3.05) is 26.2 Å². The molecule has 1 fully saturated rings. The van der Waals surface area contributed by atoms with E-state index in [-0.39, 0.29) is 24.9 Å². The first-order valence-corrected chi connectivity index (χ1v) is 6.38. The molecule has 1 unspecified atom stereocenters. The second-order valence-corrected chi connectivity index (χ2v) is 4.67. The number of rotatable bonds is 4. The molecule has 5 heteroatoms. The first-order valence-electron chi connectivity index (χ1n) is 6.38. The minimum atomic E-state index is 0. The number of amides is 1. The molecule has 1 aliphatic heterocycles. The molecule has 0 saturated carbocycles. The van der Waals surface area contributed by atoms with Crippen molar-refractivity contribution in [2.45, 2.75) is 19.6 Å². The molecule has 1 amide bonds. The van der Waals surface area contributed by atoms with Crippen LogP contribution in [0.15, 0.2) is 30.3 Å². The number of carbonyl (C=O) groups excluding carboxylic acids is 1. The van der Waals surface area contributed by atoms with Crippen molar-refractivity contribution in [1.29, 1.82) is 0 Å². The van der Waals surface area contributed by atoms with E-state index in [1.165, 1.54) is 0 Å². The molecule has 0 radical (unpaired) electrons. The van der Waals surface area contributed by atoms with E-state index in [2.05, 4.69) is 12.2 Å². The third-order valence-electron chi connectivity index (χ3n) is 3.06. The lowest BCUT2D eigenvalue weighted by molar-refractivity contribution is -0.137. The average Bonchev–Trinajstić information content (AvgIpc) is 2.40. The van der Waals surface area contributed by atoms with Crippen LogP contribution in [0.25, 0.3) is 0 Å². The van der Waals surface area contributed by atoms with Gasteiger partial charge in [-0.3, -0.25) is 4.79 Å². The Morgan fingerprint density at radius 3 is 2.84 bits per heavy atom. The van der Waals surface area contributed by atoms with E-state index in [0.29, 0.717) is 12.6 Å². The number of hydrogen-bond acceptors (Lipinski definition) is 3. The van der Waals surface area contributed by atoms with Crippen molar-refractivity contribution in [1.82, 2.24) is 10.2 Å². The summed E-state index contributed by atoms with van der Waals surface area (Å²) in [6, 6.07) is 10.3. The molecule has 19 heavy (non-hydrogen) atoms. The van der Waals surface area contributed by atoms with Crippen molar-refractivity contribution < 1.29 is 9.53 Å². The highest BCUT2D eigenvalue weighted by Gasteiger charge is 2.20. The smallest absolute Gasteiger partial charge is 0.248 e. The van der Waals surface area contributed by atoms with Crippen LogP contribution in [0.2, 0.25) is 0 Å². The van der Waals surface area contributed by atoms with Gasteiger partial charge in [0.05, 0.1) is 6.61 Å². The Hall–Kier alpha value is -1.10. The fraction of sp³-hybridized carbons (Fsp3) is 0.500. The van der Waals surface area contributed by atoms with Gasteiger partial charge in [0.1, 0.15) is 6.61 Å². The largest absolute Gasteiger partial charge is 0.367 e. The van der Waals surface area contributed by atoms with Gasteiger partial charge in [0, 0.05) is 25.7 Å². The van der Waals surface area contributed by atoms with Crippen LogP contribution < -0.4 is 5.32 Å². The van der Waals surface area contributed by atoms with Gasteiger partial charge in [-0.05, 0) is 12.5 Å². The standard InChI is InChI=1S/C14H20N2O2.ClH/c1-12-9-16(8-7-15-12)14(17)11-18-10-13-5-3-2-4-6-13;/h2-6,12,15H,7-11H2,1H3;1H. The second kappa shape index (κ2) is 8.15. The van der Waals surface area contributed by atoms with Gasteiger partial charge < -0.3 is 15.0 Å². The minimum absolute atomic E-state index is 0. The Morgan fingerprint density at radius 2 is 2.16 bits per heavy atom. The van der Waals surface area contributed by atoms with Crippen molar-refractivity contribution in [2.24, 2.45) is 0 Å². The normalized spacial score (nSPS) is 18.8. The second-order valence-electron chi connectivity index (χ2n) is 4.67. The molecule has 4 nitrogen and oxygen atoms in total. The van der Waals surface area contributed by atoms with Crippen LogP contribution in [0.4, 0.5) is 0 Å². The molecule has 0 aromatic heterocycles. The van der Waals surface area contributed by atoms with Crippen LogP contribution in [0.1, 0.15) is 12.5 Å². The van der Waals surface area contributed by atoms with Gasteiger partial charge in [0.25, 0.3) is 0 Å². The van der Waals surface area contributed by atoms with Crippen LogP contribution in [-0.4, -0.2) is 43.1 Å². The van der Waals surface area contributed by atoms with Crippen molar-refractivity contribution in [3.8, 4) is 0 Å². The van der Waals surface area contributed by atoms with Crippen LogP contribution >= 0.6 is 12.4 Å². The van der Waals surface area contributed by atoms with Crippen LogP contribution in [0, 0.1) is 0 Å². The van der Waals surface area contributed by atoms with Crippen molar-refractivity contribution in [3.05, 3.63) is 35.9 Å². The van der Waals surface area contributed by atoms with E-state index in [0.717, 1.165) is 25.2 Å². The van der Waals surface area contributed by atoms with Gasteiger partial charge in [-0.25, -0.2) is 0 Å². The highest BCUT2D eigenvalue weighted by Crippen LogP contribution is 2.03. The zero-order valence-electron chi connectivity index (χ0n) is 11.2. The fourth-order valence-corrected chi connectivity index (χ4v) is 2.08. The number of ether oxygens (including phenoxy) is 1. The first kappa shape index (κ1) is 16.0. The minimum Gasteiger partial charge on any atom is -0.367 e. The molecule has 0 spiro atoms. The Bertz CT molecular complexity index is 386. The van der Waals surface area contributed by atoms with E-state index >= 15 is 0 Å². The molecule has 1 aliphatic rings. The summed E-state index contributed by atoms with van der Waals surface area (Å²) in [4.78, 5) is 13.8. The predicted octanol–water partition coefficient (Wildman–Crippen LogP) is 1.45. The van der Waals surface area contributed by atoms with Gasteiger partial charge in [-0.15, -0.1) is 12.4 Å². The summed E-state index contributed by atoms with van der Waals surface area (Å²) in [5.74, 6) is 0.0827. The molecular weight excluding hydrogens is 264 g/mol. The van der Waals surface area contributed by atoms with E-state index < -0.39 is 0 Å². The number of halogens is 1. The first-order chi connectivity index (χ1) is 8.75. The van der Waals surface area contributed by atoms with E-state index in [1.54, 1.807) is 0 Å². The van der Waals surface area contributed by atoms with Gasteiger partial charge in [0.15, 0.2) is 0 Å². The third-order valence-corrected chi connectivity index (χ3v) is 3.06. The van der Waals surface area contributed by atoms with Crippen molar-refractivity contribution in [3.63, 3.8) is 0 Å². The summed E-state index contributed by atoms with van der Waals surface area (Å²) in [5, 5.41) is 3.31. The number of carbonyl (C=O) groups is 1. The van der Waals surface area contributed by atoms with Gasteiger partial charge in [0.2, 0.25) is 5.91 Å². The molecule has 1 aromatic carbocycles. The topological polar surface area (TPSA) is 41.6 Å². The maximum atomic E-state index is 11.9. The highest BCUT2D eigenvalue weighted by atomic mass is 35.5. The predicted molar refractivity (Wildman–Crippen MR) is 77.4 cm³/mol. The molecule has 2 rings (SSSR count). The zero-order chi connectivity index (χ0) is 12.8. The molecule has 0 aliphatic carbocycles. The Labute approximate surface area is 120 Å².